The van der Waals surface area contributed by atoms with Crippen LogP contribution in [0.4, 0.5) is 0 Å². The molecular formula is C11H18N2O3. The SMILES string of the molecule is CC(CNCc1ccc(C(=O)O)o1)N(C)C. The van der Waals surface area contributed by atoms with E-state index >= 15 is 0 Å². The van der Waals surface area contributed by atoms with Gasteiger partial charge in [-0.05, 0) is 33.2 Å². The average Bonchev–Trinajstić information content (AvgIpc) is 2.66. The molecule has 1 heterocycles. The summed E-state index contributed by atoms with van der Waals surface area (Å²) in [7, 11) is 4.03. The largest absolute Gasteiger partial charge is 0.475 e. The zero-order valence-corrected chi connectivity index (χ0v) is 9.86. The van der Waals surface area contributed by atoms with Gasteiger partial charge in [-0.3, -0.25) is 0 Å². The van der Waals surface area contributed by atoms with Crippen LogP contribution in [0.5, 0.6) is 0 Å². The smallest absolute Gasteiger partial charge is 0.371 e. The summed E-state index contributed by atoms with van der Waals surface area (Å²) in [5, 5.41) is 11.9. The molecule has 0 aromatic carbocycles. The molecule has 16 heavy (non-hydrogen) atoms. The van der Waals surface area contributed by atoms with Crippen LogP contribution in [0.1, 0.15) is 23.2 Å². The second-order valence-corrected chi connectivity index (χ2v) is 4.01. The monoisotopic (exact) mass is 226 g/mol. The van der Waals surface area contributed by atoms with Crippen LogP contribution in [0, 0.1) is 0 Å². The second kappa shape index (κ2) is 5.67. The minimum absolute atomic E-state index is 0.0162. The zero-order valence-electron chi connectivity index (χ0n) is 9.86. The number of nitrogens with zero attached hydrogens (tertiary/aromatic N) is 1. The van der Waals surface area contributed by atoms with Crippen molar-refractivity contribution in [2.75, 3.05) is 20.6 Å². The first-order valence-corrected chi connectivity index (χ1v) is 5.20. The highest BCUT2D eigenvalue weighted by atomic mass is 16.4. The first kappa shape index (κ1) is 12.7. The Morgan fingerprint density at radius 3 is 2.75 bits per heavy atom. The summed E-state index contributed by atoms with van der Waals surface area (Å²) in [6.07, 6.45) is 0. The Morgan fingerprint density at radius 1 is 1.56 bits per heavy atom. The lowest BCUT2D eigenvalue weighted by Gasteiger charge is -2.19. The lowest BCUT2D eigenvalue weighted by molar-refractivity contribution is 0.0660. The fourth-order valence-corrected chi connectivity index (χ4v) is 1.17. The molecular weight excluding hydrogens is 208 g/mol. The molecule has 1 atom stereocenters. The summed E-state index contributed by atoms with van der Waals surface area (Å²) < 4.78 is 5.11. The van der Waals surface area contributed by atoms with Crippen molar-refractivity contribution in [3.63, 3.8) is 0 Å². The van der Waals surface area contributed by atoms with Gasteiger partial charge < -0.3 is 19.7 Å². The van der Waals surface area contributed by atoms with Gasteiger partial charge in [0.2, 0.25) is 5.76 Å². The van der Waals surface area contributed by atoms with Crippen molar-refractivity contribution < 1.29 is 14.3 Å². The third-order valence-corrected chi connectivity index (χ3v) is 2.49. The lowest BCUT2D eigenvalue weighted by atomic mass is 10.3. The Kier molecular flexibility index (Phi) is 4.52. The minimum Gasteiger partial charge on any atom is -0.475 e. The van der Waals surface area contributed by atoms with Gasteiger partial charge in [-0.25, -0.2) is 4.79 Å². The Bertz CT molecular complexity index is 347. The van der Waals surface area contributed by atoms with Crippen molar-refractivity contribution in [2.45, 2.75) is 19.5 Å². The number of aromatic carboxylic acids is 1. The number of hydrogen-bond acceptors (Lipinski definition) is 4. The van der Waals surface area contributed by atoms with Crippen molar-refractivity contribution in [3.05, 3.63) is 23.7 Å². The number of furan rings is 1. The molecule has 1 unspecified atom stereocenters. The van der Waals surface area contributed by atoms with E-state index in [1.54, 1.807) is 6.07 Å². The summed E-state index contributed by atoms with van der Waals surface area (Å²) in [5.41, 5.74) is 0. The van der Waals surface area contributed by atoms with E-state index in [1.165, 1.54) is 6.07 Å². The van der Waals surface area contributed by atoms with Crippen LogP contribution in [0.15, 0.2) is 16.5 Å². The highest BCUT2D eigenvalue weighted by Crippen LogP contribution is 2.07. The van der Waals surface area contributed by atoms with Crippen LogP contribution in [-0.4, -0.2) is 42.7 Å². The number of carboxylic acids is 1. The maximum absolute atomic E-state index is 10.6. The summed E-state index contributed by atoms with van der Waals surface area (Å²) in [5.74, 6) is -0.409. The molecule has 1 aromatic rings. The topological polar surface area (TPSA) is 65.7 Å². The van der Waals surface area contributed by atoms with E-state index in [-0.39, 0.29) is 5.76 Å². The van der Waals surface area contributed by atoms with Crippen LogP contribution in [0.25, 0.3) is 0 Å². The number of likely N-dealkylation sites (N-methyl/N-ethyl adjacent to an activating group) is 1. The molecule has 0 aliphatic carbocycles. The highest BCUT2D eigenvalue weighted by Gasteiger charge is 2.09. The maximum atomic E-state index is 10.6. The van der Waals surface area contributed by atoms with Crippen molar-refractivity contribution in [3.8, 4) is 0 Å². The highest BCUT2D eigenvalue weighted by molar-refractivity contribution is 5.84. The summed E-state index contributed by atoms with van der Waals surface area (Å²) in [4.78, 5) is 12.7. The third kappa shape index (κ3) is 3.67. The summed E-state index contributed by atoms with van der Waals surface area (Å²) >= 11 is 0. The van der Waals surface area contributed by atoms with Gasteiger partial charge in [0, 0.05) is 12.6 Å². The molecule has 5 nitrogen and oxygen atoms in total. The quantitative estimate of drug-likeness (QED) is 0.758. The molecule has 5 heteroatoms. The Labute approximate surface area is 95.0 Å². The average molecular weight is 226 g/mol. The van der Waals surface area contributed by atoms with Crippen molar-refractivity contribution >= 4 is 5.97 Å². The van der Waals surface area contributed by atoms with E-state index in [2.05, 4.69) is 17.1 Å². The van der Waals surface area contributed by atoms with Gasteiger partial charge in [0.15, 0.2) is 0 Å². The summed E-state index contributed by atoms with van der Waals surface area (Å²) in [6.45, 7) is 3.49. The fraction of sp³-hybridized carbons (Fsp3) is 0.545. The predicted molar refractivity (Wildman–Crippen MR) is 60.5 cm³/mol. The number of nitrogens with one attached hydrogen (secondary N) is 1. The molecule has 0 bridgehead atoms. The number of hydrogen-bond donors (Lipinski definition) is 2. The molecule has 0 spiro atoms. The molecule has 0 aliphatic heterocycles. The first-order valence-electron chi connectivity index (χ1n) is 5.20. The van der Waals surface area contributed by atoms with Crippen LogP contribution in [0.2, 0.25) is 0 Å². The number of carboxylic acid groups (broad SMARTS) is 1. The van der Waals surface area contributed by atoms with E-state index in [4.69, 9.17) is 9.52 Å². The van der Waals surface area contributed by atoms with Crippen LogP contribution in [-0.2, 0) is 6.54 Å². The molecule has 0 saturated heterocycles. The molecule has 0 fully saturated rings. The molecule has 0 saturated carbocycles. The van der Waals surface area contributed by atoms with E-state index < -0.39 is 5.97 Å². The van der Waals surface area contributed by atoms with E-state index in [9.17, 15) is 4.79 Å². The standard InChI is InChI=1S/C11H18N2O3/c1-8(13(2)3)6-12-7-9-4-5-10(16-9)11(14)15/h4-5,8,12H,6-7H2,1-3H3,(H,14,15). The van der Waals surface area contributed by atoms with Gasteiger partial charge >= 0.3 is 5.97 Å². The van der Waals surface area contributed by atoms with Crippen molar-refractivity contribution in [1.29, 1.82) is 0 Å². The molecule has 1 rings (SSSR count). The Balaban J connectivity index is 2.35. The van der Waals surface area contributed by atoms with E-state index in [0.717, 1.165) is 6.54 Å². The normalized spacial score (nSPS) is 13.0. The van der Waals surface area contributed by atoms with Gasteiger partial charge in [0.05, 0.1) is 6.54 Å². The lowest BCUT2D eigenvalue weighted by Crippen LogP contribution is -2.35. The van der Waals surface area contributed by atoms with Gasteiger partial charge in [0.1, 0.15) is 5.76 Å². The number of carbonyl (C=O) groups is 1. The van der Waals surface area contributed by atoms with Crippen LogP contribution < -0.4 is 5.32 Å². The van der Waals surface area contributed by atoms with Crippen LogP contribution in [0.3, 0.4) is 0 Å². The molecule has 2 N–H and O–H groups in total. The van der Waals surface area contributed by atoms with Crippen LogP contribution >= 0.6 is 0 Å². The van der Waals surface area contributed by atoms with E-state index in [1.807, 2.05) is 14.1 Å². The predicted octanol–water partition coefficient (Wildman–Crippen LogP) is 1.02. The van der Waals surface area contributed by atoms with Crippen molar-refractivity contribution in [2.24, 2.45) is 0 Å². The Hall–Kier alpha value is -1.33. The number of rotatable bonds is 6. The fourth-order valence-electron chi connectivity index (χ4n) is 1.17. The first-order chi connectivity index (χ1) is 7.50. The molecule has 0 radical (unpaired) electrons. The van der Waals surface area contributed by atoms with Gasteiger partial charge in [-0.2, -0.15) is 0 Å². The summed E-state index contributed by atoms with van der Waals surface area (Å²) in [6, 6.07) is 3.57. The second-order valence-electron chi connectivity index (χ2n) is 4.01. The third-order valence-electron chi connectivity index (χ3n) is 2.49. The molecule has 90 valence electrons. The Morgan fingerprint density at radius 2 is 2.25 bits per heavy atom. The molecule has 0 aliphatic rings. The molecule has 1 aromatic heterocycles. The van der Waals surface area contributed by atoms with Gasteiger partial charge in [-0.1, -0.05) is 0 Å². The zero-order chi connectivity index (χ0) is 12.1. The maximum Gasteiger partial charge on any atom is 0.371 e. The van der Waals surface area contributed by atoms with Gasteiger partial charge in [0.25, 0.3) is 0 Å². The molecule has 0 amide bonds. The minimum atomic E-state index is -1.03. The van der Waals surface area contributed by atoms with Gasteiger partial charge in [-0.15, -0.1) is 0 Å². The van der Waals surface area contributed by atoms with Crippen molar-refractivity contribution in [1.82, 2.24) is 10.2 Å². The van der Waals surface area contributed by atoms with E-state index in [0.29, 0.717) is 18.3 Å².